The Hall–Kier alpha value is -0.820. The number of hydrogen-bond acceptors (Lipinski definition) is 3. The van der Waals surface area contributed by atoms with Crippen LogP contribution >= 0.6 is 0 Å². The molecule has 0 aromatic carbocycles. The lowest BCUT2D eigenvalue weighted by Gasteiger charge is -2.28. The smallest absolute Gasteiger partial charge is 0.389 e. The van der Waals surface area contributed by atoms with Crippen molar-refractivity contribution in [3.8, 4) is 0 Å². The van der Waals surface area contributed by atoms with E-state index in [1.807, 2.05) is 0 Å². The van der Waals surface area contributed by atoms with Crippen molar-refractivity contribution in [1.29, 1.82) is 0 Å². The monoisotopic (exact) mass is 257 g/mol. The molecule has 0 aliphatic carbocycles. The van der Waals surface area contributed by atoms with Crippen LogP contribution < -0.4 is 0 Å². The largest absolute Gasteiger partial charge is 0.411 e. The minimum absolute atomic E-state index is 0.0533. The van der Waals surface area contributed by atoms with E-state index in [2.05, 4.69) is 4.74 Å². The van der Waals surface area contributed by atoms with E-state index in [1.54, 1.807) is 6.92 Å². The molecule has 0 fully saturated rings. The lowest BCUT2D eigenvalue weighted by molar-refractivity contribution is -0.178. The summed E-state index contributed by atoms with van der Waals surface area (Å²) < 4.78 is 39.6. The summed E-state index contributed by atoms with van der Waals surface area (Å²) in [5.74, 6) is -0.570. The van der Waals surface area contributed by atoms with Gasteiger partial charge in [-0.25, -0.2) is 0 Å². The van der Waals surface area contributed by atoms with Crippen molar-refractivity contribution in [3.05, 3.63) is 0 Å². The van der Waals surface area contributed by atoms with Gasteiger partial charge in [-0.1, -0.05) is 0 Å². The first-order chi connectivity index (χ1) is 7.55. The van der Waals surface area contributed by atoms with Crippen molar-refractivity contribution < 1.29 is 27.8 Å². The molecule has 102 valence electrons. The Labute approximate surface area is 98.3 Å². The topological polar surface area (TPSA) is 49.8 Å². The lowest BCUT2D eigenvalue weighted by Crippen LogP contribution is -2.43. The Morgan fingerprint density at radius 3 is 2.24 bits per heavy atom. The SMILES string of the molecule is CCN(CC(C)(C)O)C(=O)COCC(F)(F)F. The molecule has 0 atom stereocenters. The highest BCUT2D eigenvalue weighted by molar-refractivity contribution is 5.77. The number of aliphatic hydroxyl groups is 1. The van der Waals surface area contributed by atoms with Gasteiger partial charge < -0.3 is 14.7 Å². The second-order valence-corrected chi connectivity index (χ2v) is 4.33. The summed E-state index contributed by atoms with van der Waals surface area (Å²) >= 11 is 0. The molecule has 4 nitrogen and oxygen atoms in total. The lowest BCUT2D eigenvalue weighted by atomic mass is 10.1. The third-order valence-corrected chi connectivity index (χ3v) is 1.80. The first-order valence-corrected chi connectivity index (χ1v) is 5.20. The van der Waals surface area contributed by atoms with Crippen LogP contribution in [0, 0.1) is 0 Å². The fraction of sp³-hybridized carbons (Fsp3) is 0.900. The second-order valence-electron chi connectivity index (χ2n) is 4.33. The van der Waals surface area contributed by atoms with Gasteiger partial charge in [-0.3, -0.25) is 4.79 Å². The first-order valence-electron chi connectivity index (χ1n) is 5.20. The van der Waals surface area contributed by atoms with E-state index in [4.69, 9.17) is 0 Å². The van der Waals surface area contributed by atoms with E-state index in [9.17, 15) is 23.1 Å². The summed E-state index contributed by atoms with van der Waals surface area (Å²) in [6.07, 6.45) is -4.44. The van der Waals surface area contributed by atoms with Gasteiger partial charge in [0.15, 0.2) is 0 Å². The quantitative estimate of drug-likeness (QED) is 0.777. The molecule has 7 heteroatoms. The first kappa shape index (κ1) is 16.2. The molecule has 0 heterocycles. The summed E-state index contributed by atoms with van der Waals surface area (Å²) in [5.41, 5.74) is -1.09. The minimum atomic E-state index is -4.44. The van der Waals surface area contributed by atoms with Crippen LogP contribution in [0.15, 0.2) is 0 Å². The normalized spacial score (nSPS) is 12.6. The fourth-order valence-electron chi connectivity index (χ4n) is 1.19. The Bertz CT molecular complexity index is 248. The zero-order valence-corrected chi connectivity index (χ0v) is 10.2. The number of hydrogen-bond donors (Lipinski definition) is 1. The Morgan fingerprint density at radius 2 is 1.88 bits per heavy atom. The van der Waals surface area contributed by atoms with Gasteiger partial charge in [-0.05, 0) is 20.8 Å². The summed E-state index contributed by atoms with van der Waals surface area (Å²) in [4.78, 5) is 12.7. The Kier molecular flexibility index (Phi) is 5.91. The summed E-state index contributed by atoms with van der Waals surface area (Å²) in [7, 11) is 0. The van der Waals surface area contributed by atoms with Crippen LogP contribution in [0.3, 0.4) is 0 Å². The molecule has 0 spiro atoms. The molecule has 1 N–H and O–H groups in total. The number of likely N-dealkylation sites (N-methyl/N-ethyl adjacent to an activating group) is 1. The highest BCUT2D eigenvalue weighted by Crippen LogP contribution is 2.14. The third-order valence-electron chi connectivity index (χ3n) is 1.80. The number of carbonyl (C=O) groups is 1. The zero-order chi connectivity index (χ0) is 13.7. The van der Waals surface area contributed by atoms with Crippen LogP contribution in [0.2, 0.25) is 0 Å². The molecule has 17 heavy (non-hydrogen) atoms. The molecule has 0 aliphatic heterocycles. The van der Waals surface area contributed by atoms with Crippen LogP contribution in [0.25, 0.3) is 0 Å². The van der Waals surface area contributed by atoms with E-state index in [0.717, 1.165) is 0 Å². The van der Waals surface area contributed by atoms with Crippen molar-refractivity contribution in [2.24, 2.45) is 0 Å². The maximum atomic E-state index is 11.8. The number of amides is 1. The maximum Gasteiger partial charge on any atom is 0.411 e. The van der Waals surface area contributed by atoms with Crippen molar-refractivity contribution in [3.63, 3.8) is 0 Å². The predicted octanol–water partition coefficient (Wildman–Crippen LogP) is 1.18. The zero-order valence-electron chi connectivity index (χ0n) is 10.2. The number of carbonyl (C=O) groups excluding carboxylic acids is 1. The molecule has 0 aromatic heterocycles. The van der Waals surface area contributed by atoms with E-state index >= 15 is 0 Å². The second kappa shape index (κ2) is 6.20. The predicted molar refractivity (Wildman–Crippen MR) is 55.4 cm³/mol. The molecule has 0 aliphatic rings. The molecular weight excluding hydrogens is 239 g/mol. The number of ether oxygens (including phenoxy) is 1. The van der Waals surface area contributed by atoms with Gasteiger partial charge in [0.1, 0.15) is 13.2 Å². The number of alkyl halides is 3. The van der Waals surface area contributed by atoms with Crippen LogP contribution in [0.4, 0.5) is 13.2 Å². The Balaban J connectivity index is 4.10. The summed E-state index contributed by atoms with van der Waals surface area (Å²) in [6, 6.07) is 0. The molecule has 0 radical (unpaired) electrons. The van der Waals surface area contributed by atoms with Gasteiger partial charge in [-0.15, -0.1) is 0 Å². The van der Waals surface area contributed by atoms with Gasteiger partial charge in [0, 0.05) is 13.1 Å². The minimum Gasteiger partial charge on any atom is -0.389 e. The molecule has 0 rings (SSSR count). The van der Waals surface area contributed by atoms with E-state index in [-0.39, 0.29) is 6.54 Å². The summed E-state index contributed by atoms with van der Waals surface area (Å²) in [6.45, 7) is 2.98. The van der Waals surface area contributed by atoms with Gasteiger partial charge in [0.05, 0.1) is 5.60 Å². The van der Waals surface area contributed by atoms with Crippen molar-refractivity contribution in [2.45, 2.75) is 32.5 Å². The molecule has 1 amide bonds. The van der Waals surface area contributed by atoms with Crippen molar-refractivity contribution in [1.82, 2.24) is 4.90 Å². The molecule has 0 unspecified atom stereocenters. The highest BCUT2D eigenvalue weighted by atomic mass is 19.4. The van der Waals surface area contributed by atoms with Crippen LogP contribution in [0.5, 0.6) is 0 Å². The van der Waals surface area contributed by atoms with E-state index in [1.165, 1.54) is 18.7 Å². The summed E-state index contributed by atoms with van der Waals surface area (Å²) in [5, 5.41) is 9.51. The third kappa shape index (κ3) is 8.93. The molecule has 0 bridgehead atoms. The molecule has 0 saturated heterocycles. The van der Waals surface area contributed by atoms with Gasteiger partial charge in [0.25, 0.3) is 0 Å². The molecule has 0 aromatic rings. The van der Waals surface area contributed by atoms with Crippen molar-refractivity contribution in [2.75, 3.05) is 26.3 Å². The Morgan fingerprint density at radius 1 is 1.35 bits per heavy atom. The van der Waals surface area contributed by atoms with Gasteiger partial charge in [-0.2, -0.15) is 13.2 Å². The maximum absolute atomic E-state index is 11.8. The van der Waals surface area contributed by atoms with Crippen molar-refractivity contribution >= 4 is 5.91 Å². The standard InChI is InChI=1S/C10H18F3NO3/c1-4-14(6-9(2,3)16)8(15)5-17-7-10(11,12)13/h16H,4-7H2,1-3H3. The fourth-order valence-corrected chi connectivity index (χ4v) is 1.19. The molecule has 0 saturated carbocycles. The van der Waals surface area contributed by atoms with Gasteiger partial charge in [0.2, 0.25) is 5.91 Å². The number of halogens is 3. The van der Waals surface area contributed by atoms with Crippen LogP contribution in [-0.4, -0.2) is 54.0 Å². The number of nitrogens with zero attached hydrogens (tertiary/aromatic N) is 1. The van der Waals surface area contributed by atoms with Crippen LogP contribution in [0.1, 0.15) is 20.8 Å². The average molecular weight is 257 g/mol. The van der Waals surface area contributed by atoms with Gasteiger partial charge >= 0.3 is 6.18 Å². The number of rotatable bonds is 6. The average Bonchev–Trinajstić information content (AvgIpc) is 2.10. The van der Waals surface area contributed by atoms with E-state index < -0.39 is 30.9 Å². The molecular formula is C10H18F3NO3. The highest BCUT2D eigenvalue weighted by Gasteiger charge is 2.28. The van der Waals surface area contributed by atoms with Crippen LogP contribution in [-0.2, 0) is 9.53 Å². The van der Waals surface area contributed by atoms with E-state index in [0.29, 0.717) is 6.54 Å².